The Morgan fingerprint density at radius 2 is 1.74 bits per heavy atom. The van der Waals surface area contributed by atoms with Crippen molar-refractivity contribution in [2.24, 2.45) is 0 Å². The van der Waals surface area contributed by atoms with Gasteiger partial charge in [0.1, 0.15) is 11.5 Å². The fourth-order valence-electron chi connectivity index (χ4n) is 3.00. The summed E-state index contributed by atoms with van der Waals surface area (Å²) in [5, 5.41) is 4.99. The Kier molecular flexibility index (Phi) is 7.61. The minimum atomic E-state index is -0.330. The van der Waals surface area contributed by atoms with Crippen LogP contribution in [-0.4, -0.2) is 42.5 Å². The van der Waals surface area contributed by atoms with Gasteiger partial charge in [0.2, 0.25) is 5.91 Å². The zero-order valence-corrected chi connectivity index (χ0v) is 18.6. The van der Waals surface area contributed by atoms with E-state index in [2.05, 4.69) is 10.3 Å². The van der Waals surface area contributed by atoms with Gasteiger partial charge < -0.3 is 14.4 Å². The molecule has 0 saturated heterocycles. The predicted octanol–water partition coefficient (Wildman–Crippen LogP) is 4.00. The molecule has 0 unspecified atom stereocenters. The Bertz CT molecular complexity index is 1010. The Morgan fingerprint density at radius 1 is 1.06 bits per heavy atom. The number of carbonyl (C=O) groups is 2. The molecule has 0 aliphatic carbocycles. The SMILES string of the molecule is CCN(Cc1ccccc1)C(=O)Cc1csc(NC(=O)c2cc(OC)cc(OC)c2)n1. The third kappa shape index (κ3) is 6.05. The second-order valence-electron chi connectivity index (χ2n) is 6.77. The molecule has 3 rings (SSSR count). The van der Waals surface area contributed by atoms with E-state index in [0.717, 1.165) is 5.56 Å². The van der Waals surface area contributed by atoms with E-state index in [1.807, 2.05) is 37.3 Å². The number of anilines is 1. The largest absolute Gasteiger partial charge is 0.497 e. The number of ether oxygens (including phenoxy) is 2. The molecule has 2 aromatic carbocycles. The molecule has 7 nitrogen and oxygen atoms in total. The van der Waals surface area contributed by atoms with E-state index in [4.69, 9.17) is 9.47 Å². The second-order valence-corrected chi connectivity index (χ2v) is 7.63. The van der Waals surface area contributed by atoms with Crippen molar-refractivity contribution in [3.05, 3.63) is 70.7 Å². The number of carbonyl (C=O) groups excluding carboxylic acids is 2. The van der Waals surface area contributed by atoms with E-state index in [1.54, 1.807) is 28.5 Å². The Balaban J connectivity index is 1.63. The van der Waals surface area contributed by atoms with Crippen LogP contribution in [0.15, 0.2) is 53.9 Å². The maximum absolute atomic E-state index is 12.7. The third-order valence-electron chi connectivity index (χ3n) is 4.67. The number of nitrogens with zero attached hydrogens (tertiary/aromatic N) is 2. The van der Waals surface area contributed by atoms with Crippen LogP contribution in [-0.2, 0) is 17.8 Å². The van der Waals surface area contributed by atoms with Gasteiger partial charge in [0.25, 0.3) is 5.91 Å². The summed E-state index contributed by atoms with van der Waals surface area (Å²) in [5.74, 6) is 0.705. The standard InChI is InChI=1S/C23H25N3O4S/c1-4-26(14-16-8-6-5-7-9-16)21(27)12-18-15-31-23(24-18)25-22(28)17-10-19(29-2)13-20(11-17)30-3/h5-11,13,15H,4,12,14H2,1-3H3,(H,24,25,28). The fourth-order valence-corrected chi connectivity index (χ4v) is 3.71. The van der Waals surface area contributed by atoms with Crippen molar-refractivity contribution in [3.63, 3.8) is 0 Å². The van der Waals surface area contributed by atoms with E-state index in [-0.39, 0.29) is 18.2 Å². The van der Waals surface area contributed by atoms with E-state index in [1.165, 1.54) is 25.6 Å². The van der Waals surface area contributed by atoms with Crippen LogP contribution in [0.1, 0.15) is 28.5 Å². The lowest BCUT2D eigenvalue weighted by atomic mass is 10.2. The van der Waals surface area contributed by atoms with Gasteiger partial charge in [0.15, 0.2) is 5.13 Å². The van der Waals surface area contributed by atoms with Gasteiger partial charge in [-0.15, -0.1) is 11.3 Å². The van der Waals surface area contributed by atoms with E-state index >= 15 is 0 Å². The summed E-state index contributed by atoms with van der Waals surface area (Å²) in [5.41, 5.74) is 2.10. The van der Waals surface area contributed by atoms with Crippen LogP contribution >= 0.6 is 11.3 Å². The third-order valence-corrected chi connectivity index (χ3v) is 5.48. The second kappa shape index (κ2) is 10.6. The molecule has 0 aliphatic heterocycles. The Hall–Kier alpha value is -3.39. The van der Waals surface area contributed by atoms with E-state index in [0.29, 0.717) is 41.0 Å². The summed E-state index contributed by atoms with van der Waals surface area (Å²) in [7, 11) is 3.05. The van der Waals surface area contributed by atoms with Crippen LogP contribution in [0, 0.1) is 0 Å². The molecule has 3 aromatic rings. The zero-order valence-electron chi connectivity index (χ0n) is 17.8. The molecule has 0 fully saturated rings. The highest BCUT2D eigenvalue weighted by molar-refractivity contribution is 7.14. The van der Waals surface area contributed by atoms with Crippen molar-refractivity contribution in [1.29, 1.82) is 0 Å². The van der Waals surface area contributed by atoms with Crippen LogP contribution in [0.2, 0.25) is 0 Å². The number of benzene rings is 2. The van der Waals surface area contributed by atoms with Crippen molar-refractivity contribution >= 4 is 28.3 Å². The number of hydrogen-bond acceptors (Lipinski definition) is 6. The lowest BCUT2D eigenvalue weighted by molar-refractivity contribution is -0.130. The highest BCUT2D eigenvalue weighted by Crippen LogP contribution is 2.24. The first-order chi connectivity index (χ1) is 15.0. The first kappa shape index (κ1) is 22.3. The monoisotopic (exact) mass is 439 g/mol. The zero-order chi connectivity index (χ0) is 22.2. The minimum absolute atomic E-state index is 0.00735. The molecular formula is C23H25N3O4S. The van der Waals surface area contributed by atoms with Crippen LogP contribution < -0.4 is 14.8 Å². The Morgan fingerprint density at radius 3 is 2.35 bits per heavy atom. The van der Waals surface area contributed by atoms with E-state index in [9.17, 15) is 9.59 Å². The molecule has 31 heavy (non-hydrogen) atoms. The fraction of sp³-hybridized carbons (Fsp3) is 0.261. The minimum Gasteiger partial charge on any atom is -0.497 e. The molecule has 2 amide bonds. The summed E-state index contributed by atoms with van der Waals surface area (Å²) in [6.45, 7) is 3.12. The van der Waals surface area contributed by atoms with Crippen molar-refractivity contribution in [3.8, 4) is 11.5 Å². The smallest absolute Gasteiger partial charge is 0.257 e. The summed E-state index contributed by atoms with van der Waals surface area (Å²) in [6, 6.07) is 14.8. The van der Waals surface area contributed by atoms with Gasteiger partial charge in [-0.3, -0.25) is 14.9 Å². The number of thiazole rings is 1. The van der Waals surface area contributed by atoms with Crippen LogP contribution in [0.4, 0.5) is 5.13 Å². The molecule has 0 radical (unpaired) electrons. The number of aromatic nitrogens is 1. The van der Waals surface area contributed by atoms with Gasteiger partial charge in [-0.05, 0) is 24.6 Å². The number of likely N-dealkylation sites (N-methyl/N-ethyl adjacent to an activating group) is 1. The average Bonchev–Trinajstić information content (AvgIpc) is 3.24. The molecule has 0 spiro atoms. The quantitative estimate of drug-likeness (QED) is 0.545. The molecule has 0 aliphatic rings. The van der Waals surface area contributed by atoms with Crippen molar-refractivity contribution in [2.75, 3.05) is 26.1 Å². The first-order valence-corrected chi connectivity index (χ1v) is 10.7. The molecule has 0 saturated carbocycles. The van der Waals surface area contributed by atoms with Crippen LogP contribution in [0.3, 0.4) is 0 Å². The molecule has 1 aromatic heterocycles. The number of hydrogen-bond donors (Lipinski definition) is 1. The first-order valence-electron chi connectivity index (χ1n) is 9.83. The lowest BCUT2D eigenvalue weighted by Crippen LogP contribution is -2.31. The predicted molar refractivity (Wildman–Crippen MR) is 121 cm³/mol. The normalized spacial score (nSPS) is 10.4. The highest BCUT2D eigenvalue weighted by atomic mass is 32.1. The van der Waals surface area contributed by atoms with Crippen LogP contribution in [0.25, 0.3) is 0 Å². The lowest BCUT2D eigenvalue weighted by Gasteiger charge is -2.20. The maximum Gasteiger partial charge on any atom is 0.257 e. The highest BCUT2D eigenvalue weighted by Gasteiger charge is 2.16. The molecule has 0 atom stereocenters. The van der Waals surface area contributed by atoms with Crippen molar-refractivity contribution in [1.82, 2.24) is 9.88 Å². The number of amides is 2. The summed E-state index contributed by atoms with van der Waals surface area (Å²) >= 11 is 1.28. The summed E-state index contributed by atoms with van der Waals surface area (Å²) < 4.78 is 10.4. The van der Waals surface area contributed by atoms with Gasteiger partial charge in [-0.2, -0.15) is 0 Å². The average molecular weight is 440 g/mol. The molecule has 162 valence electrons. The van der Waals surface area contributed by atoms with E-state index < -0.39 is 0 Å². The number of methoxy groups -OCH3 is 2. The van der Waals surface area contributed by atoms with Crippen molar-refractivity contribution in [2.45, 2.75) is 19.9 Å². The number of nitrogens with one attached hydrogen (secondary N) is 1. The van der Waals surface area contributed by atoms with Gasteiger partial charge in [-0.1, -0.05) is 30.3 Å². The molecular weight excluding hydrogens is 414 g/mol. The maximum atomic E-state index is 12.7. The van der Waals surface area contributed by atoms with Crippen molar-refractivity contribution < 1.29 is 19.1 Å². The van der Waals surface area contributed by atoms with Gasteiger partial charge in [-0.25, -0.2) is 4.98 Å². The summed E-state index contributed by atoms with van der Waals surface area (Å²) in [6.07, 6.45) is 0.181. The van der Waals surface area contributed by atoms with Gasteiger partial charge >= 0.3 is 0 Å². The summed E-state index contributed by atoms with van der Waals surface area (Å²) in [4.78, 5) is 31.5. The molecule has 1 heterocycles. The van der Waals surface area contributed by atoms with Gasteiger partial charge in [0.05, 0.1) is 26.3 Å². The van der Waals surface area contributed by atoms with Crippen LogP contribution in [0.5, 0.6) is 11.5 Å². The van der Waals surface area contributed by atoms with Gasteiger partial charge in [0, 0.05) is 30.1 Å². The number of rotatable bonds is 9. The molecule has 0 bridgehead atoms. The molecule has 1 N–H and O–H groups in total. The topological polar surface area (TPSA) is 80.8 Å². The Labute approximate surface area is 185 Å². The molecule has 8 heteroatoms.